The van der Waals surface area contributed by atoms with Gasteiger partial charge in [-0.3, -0.25) is 0 Å². The van der Waals surface area contributed by atoms with Gasteiger partial charge in [0.15, 0.2) is 0 Å². The molecule has 80 valence electrons. The van der Waals surface area contributed by atoms with Gasteiger partial charge < -0.3 is 10.5 Å². The Kier molecular flexibility index (Phi) is 2.32. The van der Waals surface area contributed by atoms with Crippen LogP contribution in [-0.4, -0.2) is 26.7 Å². The number of rotatable bonds is 3. The average Bonchev–Trinajstić information content (AvgIpc) is 2.61. The third-order valence-corrected chi connectivity index (χ3v) is 1.87. The number of hydrogen-bond donors (Lipinski definition) is 1. The first-order valence-corrected chi connectivity index (χ1v) is 4.76. The van der Waals surface area contributed by atoms with E-state index in [1.54, 1.807) is 23.1 Å². The van der Waals surface area contributed by atoms with Crippen LogP contribution in [0.2, 0.25) is 0 Å². The summed E-state index contributed by atoms with van der Waals surface area (Å²) in [6.07, 6.45) is 5.13. The molecule has 0 aliphatic heterocycles. The minimum absolute atomic E-state index is 0.367. The third-order valence-electron chi connectivity index (χ3n) is 1.87. The number of fused-ring (bicyclic) bond motifs is 1. The summed E-state index contributed by atoms with van der Waals surface area (Å²) in [6.45, 7) is 4.23. The van der Waals surface area contributed by atoms with Gasteiger partial charge in [0.2, 0.25) is 5.88 Å². The standard InChI is InChI=1S/C10H14N4O/c1-10(2,11)7-15-9-8-3-4-13-14(8)6-5-12-9/h3-6H,7,11H2,1-2H3. The van der Waals surface area contributed by atoms with Gasteiger partial charge in [0.25, 0.3) is 0 Å². The molecule has 5 heteroatoms. The van der Waals surface area contributed by atoms with E-state index in [-0.39, 0.29) is 5.54 Å². The van der Waals surface area contributed by atoms with Crippen LogP contribution in [0.3, 0.4) is 0 Å². The number of ether oxygens (including phenoxy) is 1. The predicted molar refractivity (Wildman–Crippen MR) is 56.7 cm³/mol. The van der Waals surface area contributed by atoms with Crippen molar-refractivity contribution in [1.82, 2.24) is 14.6 Å². The van der Waals surface area contributed by atoms with Gasteiger partial charge in [-0.1, -0.05) is 0 Å². The van der Waals surface area contributed by atoms with Gasteiger partial charge in [-0.25, -0.2) is 9.50 Å². The molecular weight excluding hydrogens is 192 g/mol. The maximum absolute atomic E-state index is 5.83. The highest BCUT2D eigenvalue weighted by Gasteiger charge is 2.13. The number of hydrogen-bond acceptors (Lipinski definition) is 4. The van der Waals surface area contributed by atoms with Gasteiger partial charge in [0, 0.05) is 17.9 Å². The Morgan fingerprint density at radius 3 is 3.00 bits per heavy atom. The first-order chi connectivity index (χ1) is 7.06. The topological polar surface area (TPSA) is 65.4 Å². The molecule has 0 radical (unpaired) electrons. The molecule has 0 aromatic carbocycles. The molecule has 15 heavy (non-hydrogen) atoms. The largest absolute Gasteiger partial charge is 0.474 e. The lowest BCUT2D eigenvalue weighted by Gasteiger charge is -2.18. The Morgan fingerprint density at radius 2 is 2.27 bits per heavy atom. The van der Waals surface area contributed by atoms with Crippen molar-refractivity contribution >= 4 is 5.52 Å². The van der Waals surface area contributed by atoms with E-state index in [1.165, 1.54) is 0 Å². The van der Waals surface area contributed by atoms with Crippen molar-refractivity contribution < 1.29 is 4.74 Å². The lowest BCUT2D eigenvalue weighted by molar-refractivity contribution is 0.237. The number of aromatic nitrogens is 3. The molecule has 2 aromatic heterocycles. The van der Waals surface area contributed by atoms with Crippen molar-refractivity contribution in [3.05, 3.63) is 24.7 Å². The number of nitrogens with zero attached hydrogens (tertiary/aromatic N) is 3. The summed E-state index contributed by atoms with van der Waals surface area (Å²) in [5, 5.41) is 4.09. The van der Waals surface area contributed by atoms with Crippen LogP contribution in [0.4, 0.5) is 0 Å². The summed E-state index contributed by atoms with van der Waals surface area (Å²) >= 11 is 0. The van der Waals surface area contributed by atoms with Crippen LogP contribution in [0.25, 0.3) is 5.52 Å². The van der Waals surface area contributed by atoms with Gasteiger partial charge >= 0.3 is 0 Å². The summed E-state index contributed by atoms with van der Waals surface area (Å²) < 4.78 is 7.26. The van der Waals surface area contributed by atoms with Crippen LogP contribution in [0.1, 0.15) is 13.8 Å². The van der Waals surface area contributed by atoms with Crippen LogP contribution in [0, 0.1) is 0 Å². The van der Waals surface area contributed by atoms with Crippen molar-refractivity contribution in [1.29, 1.82) is 0 Å². The monoisotopic (exact) mass is 206 g/mol. The minimum atomic E-state index is -0.367. The molecule has 0 saturated heterocycles. The lowest BCUT2D eigenvalue weighted by atomic mass is 10.1. The Hall–Kier alpha value is -1.62. The van der Waals surface area contributed by atoms with E-state index < -0.39 is 0 Å². The second-order valence-corrected chi connectivity index (χ2v) is 4.17. The molecule has 0 amide bonds. The fourth-order valence-corrected chi connectivity index (χ4v) is 1.20. The summed E-state index contributed by atoms with van der Waals surface area (Å²) in [7, 11) is 0. The van der Waals surface area contributed by atoms with Crippen molar-refractivity contribution in [2.24, 2.45) is 5.73 Å². The lowest BCUT2D eigenvalue weighted by Crippen LogP contribution is -2.38. The number of nitrogens with two attached hydrogens (primary N) is 1. The Bertz CT molecular complexity index is 458. The summed E-state index contributed by atoms with van der Waals surface area (Å²) in [4.78, 5) is 4.14. The van der Waals surface area contributed by atoms with Gasteiger partial charge in [0.1, 0.15) is 12.1 Å². The molecule has 2 N–H and O–H groups in total. The molecule has 0 aliphatic carbocycles. The molecule has 2 aromatic rings. The van der Waals surface area contributed by atoms with Gasteiger partial charge in [0.05, 0.1) is 6.20 Å². The minimum Gasteiger partial charge on any atom is -0.474 e. The molecule has 0 saturated carbocycles. The molecule has 5 nitrogen and oxygen atoms in total. The van der Waals surface area contributed by atoms with Gasteiger partial charge in [-0.15, -0.1) is 0 Å². The van der Waals surface area contributed by atoms with Crippen LogP contribution >= 0.6 is 0 Å². The molecular formula is C10H14N4O. The van der Waals surface area contributed by atoms with E-state index in [1.807, 2.05) is 19.9 Å². The highest BCUT2D eigenvalue weighted by molar-refractivity contribution is 5.54. The van der Waals surface area contributed by atoms with Crippen LogP contribution in [-0.2, 0) is 0 Å². The van der Waals surface area contributed by atoms with E-state index in [2.05, 4.69) is 10.1 Å². The van der Waals surface area contributed by atoms with E-state index >= 15 is 0 Å². The second-order valence-electron chi connectivity index (χ2n) is 4.17. The van der Waals surface area contributed by atoms with Gasteiger partial charge in [-0.2, -0.15) is 5.10 Å². The molecule has 0 aliphatic rings. The molecule has 0 spiro atoms. The fourth-order valence-electron chi connectivity index (χ4n) is 1.20. The summed E-state index contributed by atoms with van der Waals surface area (Å²) in [5.74, 6) is 0.563. The maximum atomic E-state index is 5.83. The summed E-state index contributed by atoms with van der Waals surface area (Å²) in [5.41, 5.74) is 6.31. The fraction of sp³-hybridized carbons (Fsp3) is 0.400. The van der Waals surface area contributed by atoms with Crippen LogP contribution in [0.15, 0.2) is 24.7 Å². The van der Waals surface area contributed by atoms with E-state index in [0.29, 0.717) is 12.5 Å². The molecule has 0 fully saturated rings. The highest BCUT2D eigenvalue weighted by atomic mass is 16.5. The van der Waals surface area contributed by atoms with Crippen molar-refractivity contribution in [3.63, 3.8) is 0 Å². The van der Waals surface area contributed by atoms with Gasteiger partial charge in [-0.05, 0) is 19.9 Å². The molecule has 2 rings (SSSR count). The Labute approximate surface area is 87.9 Å². The van der Waals surface area contributed by atoms with Crippen molar-refractivity contribution in [2.75, 3.05) is 6.61 Å². The quantitative estimate of drug-likeness (QED) is 0.808. The van der Waals surface area contributed by atoms with Crippen molar-refractivity contribution in [3.8, 4) is 5.88 Å². The normalized spacial score (nSPS) is 11.9. The molecule has 0 bridgehead atoms. The average molecular weight is 206 g/mol. The zero-order valence-corrected chi connectivity index (χ0v) is 8.84. The Balaban J connectivity index is 2.24. The van der Waals surface area contributed by atoms with E-state index in [0.717, 1.165) is 5.52 Å². The predicted octanol–water partition coefficient (Wildman–Crippen LogP) is 0.845. The molecule has 0 atom stereocenters. The second kappa shape index (κ2) is 3.51. The summed E-state index contributed by atoms with van der Waals surface area (Å²) in [6, 6.07) is 1.85. The molecule has 0 unspecified atom stereocenters. The zero-order valence-electron chi connectivity index (χ0n) is 8.84. The maximum Gasteiger partial charge on any atom is 0.240 e. The zero-order chi connectivity index (χ0) is 10.9. The first-order valence-electron chi connectivity index (χ1n) is 4.76. The smallest absolute Gasteiger partial charge is 0.240 e. The first kappa shape index (κ1) is 9.92. The SMILES string of the molecule is CC(C)(N)COc1nccn2nccc12. The molecule has 2 heterocycles. The third kappa shape index (κ3) is 2.24. The highest BCUT2D eigenvalue weighted by Crippen LogP contribution is 2.15. The van der Waals surface area contributed by atoms with Crippen LogP contribution in [0.5, 0.6) is 5.88 Å². The van der Waals surface area contributed by atoms with Crippen LogP contribution < -0.4 is 10.5 Å². The van der Waals surface area contributed by atoms with Crippen molar-refractivity contribution in [2.45, 2.75) is 19.4 Å². The van der Waals surface area contributed by atoms with E-state index in [4.69, 9.17) is 10.5 Å². The van der Waals surface area contributed by atoms with E-state index in [9.17, 15) is 0 Å². The Morgan fingerprint density at radius 1 is 1.47 bits per heavy atom.